The van der Waals surface area contributed by atoms with Crippen molar-refractivity contribution in [2.45, 2.75) is 31.7 Å². The Morgan fingerprint density at radius 2 is 1.52 bits per heavy atom. The van der Waals surface area contributed by atoms with Crippen LogP contribution in [0.15, 0.2) is 60.7 Å². The summed E-state index contributed by atoms with van der Waals surface area (Å²) in [6, 6.07) is 18.0. The SMILES string of the molecule is CCOP(=O)(OCC)C(CC=Cc1ccc(Cc2ccccc2)cc1)S(=O)(=O)O. The summed E-state index contributed by atoms with van der Waals surface area (Å²) < 4.78 is 56.1. The molecule has 0 fully saturated rings. The minimum absolute atomic E-state index is 0.00981. The fourth-order valence-electron chi connectivity index (χ4n) is 2.88. The van der Waals surface area contributed by atoms with Gasteiger partial charge in [0.25, 0.3) is 10.1 Å². The molecular weight excluding hydrogens is 411 g/mol. The lowest BCUT2D eigenvalue weighted by atomic mass is 10.0. The van der Waals surface area contributed by atoms with Crippen molar-refractivity contribution >= 4 is 23.8 Å². The molecule has 8 heteroatoms. The van der Waals surface area contributed by atoms with Crippen molar-refractivity contribution in [2.24, 2.45) is 0 Å². The number of rotatable bonds is 11. The highest BCUT2D eigenvalue weighted by Crippen LogP contribution is 2.56. The molecule has 29 heavy (non-hydrogen) atoms. The number of benzene rings is 2. The van der Waals surface area contributed by atoms with Gasteiger partial charge >= 0.3 is 7.60 Å². The first-order valence-electron chi connectivity index (χ1n) is 9.43. The lowest BCUT2D eigenvalue weighted by Crippen LogP contribution is -2.22. The molecule has 2 rings (SSSR count). The number of allylic oxidation sites excluding steroid dienone is 1. The fraction of sp³-hybridized carbons (Fsp3) is 0.333. The maximum Gasteiger partial charge on any atom is 0.351 e. The molecule has 0 aliphatic heterocycles. The standard InChI is InChI=1S/C21H27O6PS/c1-3-26-28(22,27-4-2)21(29(23,24)25)12-8-11-18-13-15-20(16-14-18)17-19-9-6-5-7-10-19/h5-11,13-16,21H,3-4,12,17H2,1-2H3,(H,23,24,25). The zero-order chi connectivity index (χ0) is 21.3. The molecule has 0 aliphatic carbocycles. The first-order chi connectivity index (χ1) is 13.8. The molecule has 0 radical (unpaired) electrons. The van der Waals surface area contributed by atoms with Gasteiger partial charge in [0.15, 0.2) is 4.99 Å². The Balaban J connectivity index is 2.09. The van der Waals surface area contributed by atoms with E-state index in [9.17, 15) is 17.5 Å². The summed E-state index contributed by atoms with van der Waals surface area (Å²) in [5.41, 5.74) is 3.23. The van der Waals surface area contributed by atoms with Gasteiger partial charge in [-0.3, -0.25) is 9.12 Å². The van der Waals surface area contributed by atoms with Gasteiger partial charge in [-0.25, -0.2) is 0 Å². The van der Waals surface area contributed by atoms with Gasteiger partial charge in [-0.05, 0) is 43.4 Å². The van der Waals surface area contributed by atoms with Crippen molar-refractivity contribution < 1.29 is 26.6 Å². The molecule has 0 heterocycles. The molecule has 0 saturated carbocycles. The average molecular weight is 438 g/mol. The lowest BCUT2D eigenvalue weighted by molar-refractivity contribution is 0.216. The van der Waals surface area contributed by atoms with E-state index in [1.165, 1.54) is 5.56 Å². The second-order valence-electron chi connectivity index (χ2n) is 6.39. The molecule has 0 saturated heterocycles. The molecule has 2 aromatic carbocycles. The highest BCUT2D eigenvalue weighted by molar-refractivity contribution is 7.94. The highest BCUT2D eigenvalue weighted by Gasteiger charge is 2.43. The molecule has 0 amide bonds. The predicted molar refractivity (Wildman–Crippen MR) is 116 cm³/mol. The smallest absolute Gasteiger partial charge is 0.308 e. The minimum Gasteiger partial charge on any atom is -0.308 e. The molecule has 0 aliphatic rings. The topological polar surface area (TPSA) is 89.9 Å². The van der Waals surface area contributed by atoms with E-state index in [0.717, 1.165) is 17.5 Å². The third kappa shape index (κ3) is 7.21. The maximum absolute atomic E-state index is 12.8. The van der Waals surface area contributed by atoms with Crippen LogP contribution in [0.3, 0.4) is 0 Å². The first-order valence-corrected chi connectivity index (χ1v) is 12.5. The first kappa shape index (κ1) is 23.5. The van der Waals surface area contributed by atoms with Crippen LogP contribution in [0.1, 0.15) is 37.0 Å². The third-order valence-electron chi connectivity index (χ3n) is 4.19. The van der Waals surface area contributed by atoms with E-state index in [2.05, 4.69) is 12.1 Å². The van der Waals surface area contributed by atoms with Crippen molar-refractivity contribution in [3.8, 4) is 0 Å². The largest absolute Gasteiger partial charge is 0.351 e. The zero-order valence-corrected chi connectivity index (χ0v) is 18.3. The summed E-state index contributed by atoms with van der Waals surface area (Å²) >= 11 is 0. The molecule has 0 bridgehead atoms. The lowest BCUT2D eigenvalue weighted by Gasteiger charge is -2.23. The van der Waals surface area contributed by atoms with Crippen LogP contribution in [0.25, 0.3) is 6.08 Å². The Kier molecular flexibility index (Phi) is 8.80. The van der Waals surface area contributed by atoms with Crippen LogP contribution < -0.4 is 0 Å². The summed E-state index contributed by atoms with van der Waals surface area (Å²) in [5.74, 6) is 0. The molecule has 0 aromatic heterocycles. The molecule has 1 unspecified atom stereocenters. The van der Waals surface area contributed by atoms with Crippen LogP contribution in [0.5, 0.6) is 0 Å². The van der Waals surface area contributed by atoms with E-state index >= 15 is 0 Å². The molecule has 0 spiro atoms. The Morgan fingerprint density at radius 1 is 0.966 bits per heavy atom. The summed E-state index contributed by atoms with van der Waals surface area (Å²) in [6.45, 7) is 3.19. The monoisotopic (exact) mass is 438 g/mol. The second kappa shape index (κ2) is 10.9. The zero-order valence-electron chi connectivity index (χ0n) is 16.6. The van der Waals surface area contributed by atoms with Gasteiger partial charge < -0.3 is 9.05 Å². The number of hydrogen-bond acceptors (Lipinski definition) is 5. The van der Waals surface area contributed by atoms with E-state index in [1.807, 2.05) is 42.5 Å². The van der Waals surface area contributed by atoms with Crippen molar-refractivity contribution in [2.75, 3.05) is 13.2 Å². The van der Waals surface area contributed by atoms with Crippen LogP contribution in [-0.4, -0.2) is 31.2 Å². The summed E-state index contributed by atoms with van der Waals surface area (Å²) in [5, 5.41) is 0. The average Bonchev–Trinajstić information content (AvgIpc) is 2.66. The quantitative estimate of drug-likeness (QED) is 0.385. The highest BCUT2D eigenvalue weighted by atomic mass is 32.2. The van der Waals surface area contributed by atoms with Gasteiger partial charge in [0.2, 0.25) is 0 Å². The van der Waals surface area contributed by atoms with Crippen molar-refractivity contribution in [3.05, 3.63) is 77.4 Å². The maximum atomic E-state index is 12.8. The Labute approximate surface area is 172 Å². The van der Waals surface area contributed by atoms with Crippen LogP contribution >= 0.6 is 7.60 Å². The van der Waals surface area contributed by atoms with E-state index in [-0.39, 0.29) is 19.6 Å². The van der Waals surface area contributed by atoms with E-state index in [0.29, 0.717) is 0 Å². The molecular formula is C21H27O6PS. The Bertz CT molecular complexity index is 929. The predicted octanol–water partition coefficient (Wildman–Crippen LogP) is 5.16. The normalized spacial score (nSPS) is 13.6. The van der Waals surface area contributed by atoms with Crippen LogP contribution in [0.2, 0.25) is 0 Å². The molecule has 6 nitrogen and oxygen atoms in total. The van der Waals surface area contributed by atoms with Crippen LogP contribution in [0, 0.1) is 0 Å². The van der Waals surface area contributed by atoms with Gasteiger partial charge in [-0.1, -0.05) is 66.7 Å². The van der Waals surface area contributed by atoms with E-state index in [1.54, 1.807) is 26.0 Å². The number of hydrogen-bond donors (Lipinski definition) is 1. The van der Waals surface area contributed by atoms with Crippen molar-refractivity contribution in [1.29, 1.82) is 0 Å². The van der Waals surface area contributed by atoms with Gasteiger partial charge in [-0.2, -0.15) is 8.42 Å². The fourth-order valence-corrected chi connectivity index (χ4v) is 6.41. The van der Waals surface area contributed by atoms with E-state index < -0.39 is 22.7 Å². The second-order valence-corrected chi connectivity index (χ2v) is 10.6. The van der Waals surface area contributed by atoms with Crippen LogP contribution in [-0.2, 0) is 30.2 Å². The van der Waals surface area contributed by atoms with Gasteiger partial charge in [0.05, 0.1) is 13.2 Å². The Hall–Kier alpha value is -1.76. The van der Waals surface area contributed by atoms with Crippen molar-refractivity contribution in [3.63, 3.8) is 0 Å². The summed E-state index contributed by atoms with van der Waals surface area (Å²) in [4.78, 5) is -1.66. The summed E-state index contributed by atoms with van der Waals surface area (Å²) in [7, 11) is -8.64. The Morgan fingerprint density at radius 3 is 2.03 bits per heavy atom. The minimum atomic E-state index is -4.63. The summed E-state index contributed by atoms with van der Waals surface area (Å²) in [6.07, 6.45) is 3.89. The van der Waals surface area contributed by atoms with Crippen molar-refractivity contribution in [1.82, 2.24) is 0 Å². The third-order valence-corrected chi connectivity index (χ3v) is 8.80. The molecule has 1 atom stereocenters. The molecule has 158 valence electrons. The van der Waals surface area contributed by atoms with Gasteiger partial charge in [-0.15, -0.1) is 0 Å². The van der Waals surface area contributed by atoms with Crippen LogP contribution in [0.4, 0.5) is 0 Å². The van der Waals surface area contributed by atoms with Gasteiger partial charge in [0.1, 0.15) is 0 Å². The molecule has 1 N–H and O–H groups in total. The molecule has 2 aromatic rings. The van der Waals surface area contributed by atoms with Gasteiger partial charge in [0, 0.05) is 0 Å². The van der Waals surface area contributed by atoms with E-state index in [4.69, 9.17) is 9.05 Å².